The number of halogens is 3. The molecule has 1 amide bonds. The number of carbonyl (C=O) groups is 1. The summed E-state index contributed by atoms with van der Waals surface area (Å²) in [5.41, 5.74) is 0.599. The summed E-state index contributed by atoms with van der Waals surface area (Å²) in [4.78, 5) is 12.2. The summed E-state index contributed by atoms with van der Waals surface area (Å²) in [5, 5.41) is 2.50. The summed E-state index contributed by atoms with van der Waals surface area (Å²) in [6.45, 7) is 0.728. The molecule has 116 valence electrons. The zero-order chi connectivity index (χ0) is 15.5. The molecule has 2 rings (SSSR count). The maximum atomic E-state index is 12.5. The second kappa shape index (κ2) is 6.25. The summed E-state index contributed by atoms with van der Waals surface area (Å²) >= 11 is -0.265. The highest BCUT2D eigenvalue weighted by atomic mass is 32.2. The average molecular weight is 320 g/mol. The van der Waals surface area contributed by atoms with Crippen LogP contribution >= 0.6 is 11.8 Å². The Morgan fingerprint density at radius 1 is 1.29 bits per heavy atom. The number of rotatable bonds is 3. The van der Waals surface area contributed by atoms with Gasteiger partial charge < -0.3 is 15.8 Å². The molecule has 1 aromatic rings. The lowest BCUT2D eigenvalue weighted by Crippen LogP contribution is -2.54. The number of alkyl halides is 3. The number of para-hydroxylation sites is 1. The zero-order valence-electron chi connectivity index (χ0n) is 11.1. The summed E-state index contributed by atoms with van der Waals surface area (Å²) in [6.07, 6.45) is 0.681. The van der Waals surface area contributed by atoms with Gasteiger partial charge in [0.1, 0.15) is 5.54 Å². The SMILES string of the molecule is NC1(C(=O)Nc2ccccc2SC(F)(F)F)CCOCC1. The predicted molar refractivity (Wildman–Crippen MR) is 74.0 cm³/mol. The molecule has 0 unspecified atom stereocenters. The van der Waals surface area contributed by atoms with Gasteiger partial charge in [-0.2, -0.15) is 13.2 Å². The van der Waals surface area contributed by atoms with Crippen molar-refractivity contribution in [2.24, 2.45) is 5.73 Å². The lowest BCUT2D eigenvalue weighted by molar-refractivity contribution is -0.124. The monoisotopic (exact) mass is 320 g/mol. The molecular formula is C13H15F3N2O2S. The van der Waals surface area contributed by atoms with Crippen LogP contribution < -0.4 is 11.1 Å². The summed E-state index contributed by atoms with van der Waals surface area (Å²) in [5.74, 6) is -0.485. The number of benzene rings is 1. The third-order valence-corrected chi connectivity index (χ3v) is 4.01. The van der Waals surface area contributed by atoms with Crippen molar-refractivity contribution in [1.29, 1.82) is 0 Å². The van der Waals surface area contributed by atoms with E-state index in [1.807, 2.05) is 0 Å². The number of nitrogens with one attached hydrogen (secondary N) is 1. The smallest absolute Gasteiger partial charge is 0.381 e. The lowest BCUT2D eigenvalue weighted by Gasteiger charge is -2.32. The highest BCUT2D eigenvalue weighted by Gasteiger charge is 2.37. The van der Waals surface area contributed by atoms with Crippen LogP contribution in [0.25, 0.3) is 0 Å². The molecule has 0 aromatic heterocycles. The van der Waals surface area contributed by atoms with Crippen molar-refractivity contribution in [3.05, 3.63) is 24.3 Å². The Morgan fingerprint density at radius 2 is 1.90 bits per heavy atom. The average Bonchev–Trinajstić information content (AvgIpc) is 2.40. The van der Waals surface area contributed by atoms with Crippen molar-refractivity contribution >= 4 is 23.4 Å². The van der Waals surface area contributed by atoms with Gasteiger partial charge in [0.15, 0.2) is 0 Å². The van der Waals surface area contributed by atoms with E-state index in [9.17, 15) is 18.0 Å². The maximum Gasteiger partial charge on any atom is 0.446 e. The number of nitrogens with two attached hydrogens (primary N) is 1. The minimum absolute atomic E-state index is 0.0611. The first-order chi connectivity index (χ1) is 9.80. The molecule has 0 bridgehead atoms. The van der Waals surface area contributed by atoms with Crippen LogP contribution in [-0.2, 0) is 9.53 Å². The first-order valence-corrected chi connectivity index (χ1v) is 7.15. The van der Waals surface area contributed by atoms with Crippen molar-refractivity contribution in [2.45, 2.75) is 28.8 Å². The minimum atomic E-state index is -4.42. The molecule has 8 heteroatoms. The fraction of sp³-hybridized carbons (Fsp3) is 0.462. The van der Waals surface area contributed by atoms with Crippen molar-refractivity contribution in [3.63, 3.8) is 0 Å². The van der Waals surface area contributed by atoms with Gasteiger partial charge in [-0.25, -0.2) is 0 Å². The lowest BCUT2D eigenvalue weighted by atomic mass is 9.90. The van der Waals surface area contributed by atoms with E-state index < -0.39 is 17.0 Å². The molecule has 21 heavy (non-hydrogen) atoms. The normalized spacial score (nSPS) is 18.3. The van der Waals surface area contributed by atoms with Gasteiger partial charge in [-0.3, -0.25) is 4.79 Å². The first-order valence-electron chi connectivity index (χ1n) is 6.33. The number of hydrogen-bond donors (Lipinski definition) is 2. The Hall–Kier alpha value is -1.25. The van der Waals surface area contributed by atoms with Crippen molar-refractivity contribution in [3.8, 4) is 0 Å². The fourth-order valence-electron chi connectivity index (χ4n) is 1.99. The van der Waals surface area contributed by atoms with Crippen LogP contribution in [0.5, 0.6) is 0 Å². The van der Waals surface area contributed by atoms with E-state index in [0.29, 0.717) is 26.1 Å². The number of amides is 1. The standard InChI is InChI=1S/C13H15F3N2O2S/c14-13(15,16)21-10-4-2-1-3-9(10)18-11(19)12(17)5-7-20-8-6-12/h1-4H,5-8,17H2,(H,18,19). The summed E-state index contributed by atoms with van der Waals surface area (Å²) in [6, 6.07) is 5.77. The second-order valence-corrected chi connectivity index (χ2v) is 5.87. The van der Waals surface area contributed by atoms with Crippen LogP contribution in [-0.4, -0.2) is 30.2 Å². The number of thioether (sulfide) groups is 1. The number of ether oxygens (including phenoxy) is 1. The largest absolute Gasteiger partial charge is 0.446 e. The van der Waals surface area contributed by atoms with E-state index in [-0.39, 0.29) is 22.3 Å². The molecule has 1 saturated heterocycles. The topological polar surface area (TPSA) is 64.4 Å². The molecule has 0 aliphatic carbocycles. The molecule has 1 fully saturated rings. The summed E-state index contributed by atoms with van der Waals surface area (Å²) < 4.78 is 42.6. The molecular weight excluding hydrogens is 305 g/mol. The van der Waals surface area contributed by atoms with Crippen LogP contribution in [0, 0.1) is 0 Å². The third kappa shape index (κ3) is 4.36. The number of carbonyl (C=O) groups excluding carboxylic acids is 1. The Morgan fingerprint density at radius 3 is 2.52 bits per heavy atom. The zero-order valence-corrected chi connectivity index (χ0v) is 11.9. The molecule has 0 atom stereocenters. The van der Waals surface area contributed by atoms with E-state index in [0.717, 1.165) is 0 Å². The van der Waals surface area contributed by atoms with Crippen LogP contribution in [0.3, 0.4) is 0 Å². The minimum Gasteiger partial charge on any atom is -0.381 e. The van der Waals surface area contributed by atoms with Gasteiger partial charge in [-0.1, -0.05) is 12.1 Å². The fourth-order valence-corrected chi connectivity index (χ4v) is 2.62. The van der Waals surface area contributed by atoms with E-state index in [4.69, 9.17) is 10.5 Å². The van der Waals surface area contributed by atoms with Crippen molar-refractivity contribution in [1.82, 2.24) is 0 Å². The van der Waals surface area contributed by atoms with E-state index in [2.05, 4.69) is 5.32 Å². The summed E-state index contributed by atoms with van der Waals surface area (Å²) in [7, 11) is 0. The van der Waals surface area contributed by atoms with Gasteiger partial charge in [0.05, 0.1) is 5.69 Å². The molecule has 4 nitrogen and oxygen atoms in total. The Bertz CT molecular complexity index is 516. The molecule has 0 spiro atoms. The molecule has 1 aromatic carbocycles. The Labute approximate surface area is 124 Å². The van der Waals surface area contributed by atoms with Crippen LogP contribution in [0.1, 0.15) is 12.8 Å². The molecule has 1 aliphatic heterocycles. The number of hydrogen-bond acceptors (Lipinski definition) is 4. The third-order valence-electron chi connectivity index (χ3n) is 3.20. The predicted octanol–water partition coefficient (Wildman–Crippen LogP) is 2.74. The molecule has 0 saturated carbocycles. The molecule has 1 aliphatic rings. The molecule has 1 heterocycles. The van der Waals surface area contributed by atoms with Gasteiger partial charge in [0.2, 0.25) is 5.91 Å². The molecule has 3 N–H and O–H groups in total. The van der Waals surface area contributed by atoms with E-state index >= 15 is 0 Å². The van der Waals surface area contributed by atoms with Crippen LogP contribution in [0.2, 0.25) is 0 Å². The number of anilines is 1. The van der Waals surface area contributed by atoms with Gasteiger partial charge in [0, 0.05) is 18.1 Å². The van der Waals surface area contributed by atoms with Gasteiger partial charge in [0.25, 0.3) is 0 Å². The quantitative estimate of drug-likeness (QED) is 0.841. The highest BCUT2D eigenvalue weighted by molar-refractivity contribution is 8.00. The van der Waals surface area contributed by atoms with E-state index in [1.165, 1.54) is 18.2 Å². The Balaban J connectivity index is 2.14. The van der Waals surface area contributed by atoms with E-state index in [1.54, 1.807) is 6.07 Å². The van der Waals surface area contributed by atoms with Gasteiger partial charge in [-0.15, -0.1) is 0 Å². The van der Waals surface area contributed by atoms with Gasteiger partial charge >= 0.3 is 5.51 Å². The van der Waals surface area contributed by atoms with Crippen molar-refractivity contribution < 1.29 is 22.7 Å². The highest BCUT2D eigenvalue weighted by Crippen LogP contribution is 2.40. The first kappa shape index (κ1) is 16.1. The van der Waals surface area contributed by atoms with Crippen LogP contribution in [0.4, 0.5) is 18.9 Å². The van der Waals surface area contributed by atoms with Crippen LogP contribution in [0.15, 0.2) is 29.2 Å². The van der Waals surface area contributed by atoms with Gasteiger partial charge in [-0.05, 0) is 36.7 Å². The molecule has 0 radical (unpaired) electrons. The second-order valence-electron chi connectivity index (χ2n) is 4.77. The van der Waals surface area contributed by atoms with Crippen molar-refractivity contribution in [2.75, 3.05) is 18.5 Å². The Kier molecular flexibility index (Phi) is 4.80. The maximum absolute atomic E-state index is 12.5.